The van der Waals surface area contributed by atoms with Gasteiger partial charge in [-0.05, 0) is 31.2 Å². The Balaban J connectivity index is 2.18. The number of carbonyl (C=O) groups is 1. The lowest BCUT2D eigenvalue weighted by Crippen LogP contribution is -2.45. The van der Waals surface area contributed by atoms with Crippen molar-refractivity contribution in [1.82, 2.24) is 10.2 Å². The van der Waals surface area contributed by atoms with E-state index in [4.69, 9.17) is 0 Å². The maximum absolute atomic E-state index is 13.1. The van der Waals surface area contributed by atoms with Crippen LogP contribution in [0.3, 0.4) is 0 Å². The maximum atomic E-state index is 13.1. The fourth-order valence-electron chi connectivity index (χ4n) is 2.06. The van der Waals surface area contributed by atoms with Gasteiger partial charge in [0.05, 0.1) is 11.9 Å². The van der Waals surface area contributed by atoms with Gasteiger partial charge in [0.15, 0.2) is 4.34 Å². The third-order valence-electron chi connectivity index (χ3n) is 3.13. The zero-order valence-electron chi connectivity index (χ0n) is 14.0. The van der Waals surface area contributed by atoms with Gasteiger partial charge in [-0.15, -0.1) is 16.8 Å². The SMILES string of the molecule is C=CCSc1nnc(NC(=O)[C@H](C)N(c2ccc(F)cc2)S(C)(=O)=O)s1. The summed E-state index contributed by atoms with van der Waals surface area (Å²) in [5.41, 5.74) is 0.191. The summed E-state index contributed by atoms with van der Waals surface area (Å²) in [4.78, 5) is 12.5. The number of rotatable bonds is 8. The lowest BCUT2D eigenvalue weighted by molar-refractivity contribution is -0.116. The van der Waals surface area contributed by atoms with Gasteiger partial charge in [-0.1, -0.05) is 29.2 Å². The summed E-state index contributed by atoms with van der Waals surface area (Å²) in [6.45, 7) is 5.05. The predicted octanol–water partition coefficient (Wildman–Crippen LogP) is 2.75. The van der Waals surface area contributed by atoms with E-state index < -0.39 is 27.8 Å². The third-order valence-corrected chi connectivity index (χ3v) is 6.34. The molecule has 1 N–H and O–H groups in total. The van der Waals surface area contributed by atoms with Gasteiger partial charge in [-0.25, -0.2) is 12.8 Å². The van der Waals surface area contributed by atoms with Crippen molar-refractivity contribution in [2.24, 2.45) is 0 Å². The Bertz CT molecular complexity index is 884. The number of nitrogens with zero attached hydrogens (tertiary/aromatic N) is 3. The molecule has 2 aromatic rings. The first kappa shape index (κ1) is 20.3. The van der Waals surface area contributed by atoms with Gasteiger partial charge >= 0.3 is 0 Å². The standard InChI is InChI=1S/C15H17FN4O3S3/c1-4-9-24-15-19-18-14(25-15)17-13(21)10(2)20(26(3,22)23)12-7-5-11(16)6-8-12/h4-8,10H,1,9H2,2-3H3,(H,17,18,21)/t10-/m0/s1. The van der Waals surface area contributed by atoms with Crippen molar-refractivity contribution in [2.45, 2.75) is 17.3 Å². The molecule has 1 heterocycles. The van der Waals surface area contributed by atoms with Crippen LogP contribution in [0.25, 0.3) is 0 Å². The number of hydrogen-bond donors (Lipinski definition) is 1. The zero-order chi connectivity index (χ0) is 19.3. The largest absolute Gasteiger partial charge is 0.299 e. The van der Waals surface area contributed by atoms with Crippen LogP contribution in [-0.2, 0) is 14.8 Å². The Kier molecular flexibility index (Phi) is 6.73. The van der Waals surface area contributed by atoms with Crippen LogP contribution in [0, 0.1) is 5.82 Å². The topological polar surface area (TPSA) is 92.3 Å². The van der Waals surface area contributed by atoms with Crippen molar-refractivity contribution in [1.29, 1.82) is 0 Å². The van der Waals surface area contributed by atoms with Crippen LogP contribution in [0.5, 0.6) is 0 Å². The zero-order valence-corrected chi connectivity index (χ0v) is 16.5. The number of aromatic nitrogens is 2. The Morgan fingerprint density at radius 3 is 2.65 bits per heavy atom. The van der Waals surface area contributed by atoms with E-state index in [2.05, 4.69) is 22.1 Å². The molecule has 11 heteroatoms. The van der Waals surface area contributed by atoms with Gasteiger partial charge in [0.2, 0.25) is 21.1 Å². The van der Waals surface area contributed by atoms with Crippen molar-refractivity contribution < 1.29 is 17.6 Å². The van der Waals surface area contributed by atoms with Crippen LogP contribution < -0.4 is 9.62 Å². The van der Waals surface area contributed by atoms with Crippen LogP contribution in [0.2, 0.25) is 0 Å². The number of sulfonamides is 1. The van der Waals surface area contributed by atoms with Crippen LogP contribution in [0.15, 0.2) is 41.3 Å². The Morgan fingerprint density at radius 2 is 2.08 bits per heavy atom. The van der Waals surface area contributed by atoms with Gasteiger partial charge in [-0.2, -0.15) is 0 Å². The fraction of sp³-hybridized carbons (Fsp3) is 0.267. The quantitative estimate of drug-likeness (QED) is 0.404. The molecule has 0 saturated heterocycles. The number of halogens is 1. The molecular formula is C15H17FN4O3S3. The minimum atomic E-state index is -3.77. The van der Waals surface area contributed by atoms with Crippen molar-refractivity contribution in [2.75, 3.05) is 21.6 Å². The molecule has 0 radical (unpaired) electrons. The van der Waals surface area contributed by atoms with E-state index in [1.807, 2.05) is 0 Å². The molecule has 0 aliphatic carbocycles. The van der Waals surface area contributed by atoms with E-state index in [1.165, 1.54) is 42.2 Å². The first-order chi connectivity index (χ1) is 12.2. The van der Waals surface area contributed by atoms with Gasteiger partial charge in [0, 0.05) is 5.75 Å². The van der Waals surface area contributed by atoms with Gasteiger partial charge in [-0.3, -0.25) is 14.4 Å². The molecule has 0 spiro atoms. The fourth-order valence-corrected chi connectivity index (χ4v) is 4.75. The minimum Gasteiger partial charge on any atom is -0.299 e. The van der Waals surface area contributed by atoms with E-state index >= 15 is 0 Å². The van der Waals surface area contributed by atoms with Crippen molar-refractivity contribution in [3.8, 4) is 0 Å². The first-order valence-electron chi connectivity index (χ1n) is 7.35. The third kappa shape index (κ3) is 5.26. The van der Waals surface area contributed by atoms with E-state index in [9.17, 15) is 17.6 Å². The van der Waals surface area contributed by atoms with Crippen LogP contribution >= 0.6 is 23.1 Å². The van der Waals surface area contributed by atoms with Crippen LogP contribution in [-0.4, -0.2) is 42.6 Å². The second-order valence-electron chi connectivity index (χ2n) is 5.17. The molecule has 0 aliphatic heterocycles. The Morgan fingerprint density at radius 1 is 1.42 bits per heavy atom. The number of amides is 1. The van der Waals surface area contributed by atoms with Gasteiger partial charge in [0.1, 0.15) is 11.9 Å². The average molecular weight is 417 g/mol. The molecule has 0 fully saturated rings. The Hall–Kier alpha value is -1.98. The van der Waals surface area contributed by atoms with E-state index in [0.29, 0.717) is 10.1 Å². The minimum absolute atomic E-state index is 0.191. The van der Waals surface area contributed by atoms with E-state index in [0.717, 1.165) is 22.7 Å². The molecule has 26 heavy (non-hydrogen) atoms. The number of benzene rings is 1. The number of thioether (sulfide) groups is 1. The highest BCUT2D eigenvalue weighted by molar-refractivity contribution is 8.01. The monoisotopic (exact) mass is 416 g/mol. The molecule has 1 aromatic heterocycles. The molecule has 1 aromatic carbocycles. The van der Waals surface area contributed by atoms with Crippen LogP contribution in [0.4, 0.5) is 15.2 Å². The highest BCUT2D eigenvalue weighted by Crippen LogP contribution is 2.26. The van der Waals surface area contributed by atoms with Gasteiger partial charge < -0.3 is 0 Å². The summed E-state index contributed by atoms with van der Waals surface area (Å²) in [5, 5.41) is 10.6. The van der Waals surface area contributed by atoms with Crippen LogP contribution in [0.1, 0.15) is 6.92 Å². The molecular weight excluding hydrogens is 399 g/mol. The lowest BCUT2D eigenvalue weighted by Gasteiger charge is -2.27. The summed E-state index contributed by atoms with van der Waals surface area (Å²) in [7, 11) is -3.77. The molecule has 140 valence electrons. The summed E-state index contributed by atoms with van der Waals surface area (Å²) in [6, 6.07) is 3.80. The molecule has 0 saturated carbocycles. The van der Waals surface area contributed by atoms with E-state index in [-0.39, 0.29) is 10.8 Å². The summed E-state index contributed by atoms with van der Waals surface area (Å²) in [5.74, 6) is -0.417. The first-order valence-corrected chi connectivity index (χ1v) is 11.0. The molecule has 1 atom stereocenters. The number of anilines is 2. The number of nitrogens with one attached hydrogen (secondary N) is 1. The normalized spacial score (nSPS) is 12.4. The average Bonchev–Trinajstić information content (AvgIpc) is 3.01. The maximum Gasteiger partial charge on any atom is 0.249 e. The van der Waals surface area contributed by atoms with Crippen molar-refractivity contribution in [3.63, 3.8) is 0 Å². The highest BCUT2D eigenvalue weighted by atomic mass is 32.2. The molecule has 1 amide bonds. The number of carbonyl (C=O) groups excluding carboxylic acids is 1. The smallest absolute Gasteiger partial charge is 0.249 e. The second-order valence-corrected chi connectivity index (χ2v) is 9.28. The molecule has 0 aliphatic rings. The molecule has 0 bridgehead atoms. The second kappa shape index (κ2) is 8.60. The van der Waals surface area contributed by atoms with E-state index in [1.54, 1.807) is 6.08 Å². The predicted molar refractivity (Wildman–Crippen MR) is 103 cm³/mol. The summed E-state index contributed by atoms with van der Waals surface area (Å²) >= 11 is 2.60. The van der Waals surface area contributed by atoms with Crippen molar-refractivity contribution >= 4 is 49.8 Å². The number of hydrogen-bond acceptors (Lipinski definition) is 7. The molecule has 7 nitrogen and oxygen atoms in total. The van der Waals surface area contributed by atoms with Gasteiger partial charge in [0.25, 0.3) is 0 Å². The molecule has 2 rings (SSSR count). The Labute approximate surface area is 159 Å². The highest BCUT2D eigenvalue weighted by Gasteiger charge is 2.29. The lowest BCUT2D eigenvalue weighted by atomic mass is 10.2. The summed E-state index contributed by atoms with van der Waals surface area (Å²) < 4.78 is 39.0. The summed E-state index contributed by atoms with van der Waals surface area (Å²) in [6.07, 6.45) is 2.70. The van der Waals surface area contributed by atoms with Crippen molar-refractivity contribution in [3.05, 3.63) is 42.7 Å². The molecule has 0 unspecified atom stereocenters.